The van der Waals surface area contributed by atoms with Gasteiger partial charge < -0.3 is 24.3 Å². The van der Waals surface area contributed by atoms with E-state index in [2.05, 4.69) is 11.4 Å². The SMILES string of the molecule is CC(C)(C)OC(=O)N[C@H](COCc1ccccc1)[C@H](OCc1ccccc1)[C@H](CC#N)OCc1ccccc1. The molecule has 3 aromatic rings. The molecular formula is C32H38N2O5. The molecule has 0 heterocycles. The Morgan fingerprint density at radius 1 is 0.795 bits per heavy atom. The molecule has 0 aromatic heterocycles. The number of nitrogens with zero attached hydrogens (tertiary/aromatic N) is 1. The maximum Gasteiger partial charge on any atom is 0.408 e. The lowest BCUT2D eigenvalue weighted by molar-refractivity contribution is -0.108. The molecule has 0 aliphatic rings. The summed E-state index contributed by atoms with van der Waals surface area (Å²) >= 11 is 0. The molecule has 0 spiro atoms. The molecule has 39 heavy (non-hydrogen) atoms. The summed E-state index contributed by atoms with van der Waals surface area (Å²) < 4.78 is 24.2. The fourth-order valence-electron chi connectivity index (χ4n) is 3.94. The Bertz CT molecular complexity index is 1140. The second kappa shape index (κ2) is 15.6. The van der Waals surface area contributed by atoms with Crippen molar-refractivity contribution in [2.45, 2.75) is 70.9 Å². The van der Waals surface area contributed by atoms with Crippen molar-refractivity contribution in [3.8, 4) is 6.07 Å². The molecule has 206 valence electrons. The number of nitriles is 1. The molecule has 0 radical (unpaired) electrons. The Kier molecular flexibility index (Phi) is 12.0. The fourth-order valence-corrected chi connectivity index (χ4v) is 3.94. The molecule has 3 rings (SSSR count). The summed E-state index contributed by atoms with van der Waals surface area (Å²) in [5, 5.41) is 12.6. The minimum absolute atomic E-state index is 0.0669. The van der Waals surface area contributed by atoms with Crippen LogP contribution in [0.5, 0.6) is 0 Å². The van der Waals surface area contributed by atoms with Gasteiger partial charge in [-0.2, -0.15) is 5.26 Å². The normalized spacial score (nSPS) is 13.6. The van der Waals surface area contributed by atoms with Crippen molar-refractivity contribution < 1.29 is 23.7 Å². The zero-order valence-electron chi connectivity index (χ0n) is 22.9. The van der Waals surface area contributed by atoms with E-state index in [-0.39, 0.29) is 19.6 Å². The average Bonchev–Trinajstić information content (AvgIpc) is 2.92. The molecule has 0 bridgehead atoms. The topological polar surface area (TPSA) is 89.8 Å². The minimum atomic E-state index is -0.697. The van der Waals surface area contributed by atoms with Crippen molar-refractivity contribution >= 4 is 6.09 Å². The number of rotatable bonds is 14. The predicted octanol–water partition coefficient (Wildman–Crippen LogP) is 6.18. The number of carbonyl (C=O) groups is 1. The van der Waals surface area contributed by atoms with Crippen LogP contribution in [-0.4, -0.2) is 36.6 Å². The van der Waals surface area contributed by atoms with Crippen LogP contribution in [0.1, 0.15) is 43.9 Å². The first-order valence-corrected chi connectivity index (χ1v) is 13.1. The number of amides is 1. The van der Waals surface area contributed by atoms with Crippen LogP contribution in [0.2, 0.25) is 0 Å². The molecule has 0 aliphatic carbocycles. The highest BCUT2D eigenvalue weighted by atomic mass is 16.6. The van der Waals surface area contributed by atoms with Gasteiger partial charge >= 0.3 is 6.09 Å². The van der Waals surface area contributed by atoms with Crippen molar-refractivity contribution in [1.82, 2.24) is 5.32 Å². The van der Waals surface area contributed by atoms with Crippen LogP contribution in [0.3, 0.4) is 0 Å². The van der Waals surface area contributed by atoms with E-state index in [0.717, 1.165) is 16.7 Å². The number of hydrogen-bond acceptors (Lipinski definition) is 6. The lowest BCUT2D eigenvalue weighted by atomic mass is 10.0. The largest absolute Gasteiger partial charge is 0.444 e. The summed E-state index contributed by atoms with van der Waals surface area (Å²) in [6.07, 6.45) is -1.86. The average molecular weight is 531 g/mol. The number of nitrogens with one attached hydrogen (secondary N) is 1. The van der Waals surface area contributed by atoms with Gasteiger partial charge in [0.05, 0.1) is 51.1 Å². The van der Waals surface area contributed by atoms with E-state index in [9.17, 15) is 10.1 Å². The van der Waals surface area contributed by atoms with Gasteiger partial charge in [0.15, 0.2) is 0 Å². The standard InChI is InChI=1S/C32H38N2O5/c1-32(2,3)39-31(35)34-28(24-36-21-25-13-7-4-8-14-25)30(38-23-27-17-11-6-12-18-27)29(19-20-33)37-22-26-15-9-5-10-16-26/h4-18,28-30H,19,21-24H2,1-3H3,(H,34,35)/t28-,29+,30+/m1/s1. The molecule has 3 atom stereocenters. The Morgan fingerprint density at radius 3 is 1.77 bits per heavy atom. The smallest absolute Gasteiger partial charge is 0.408 e. The first-order valence-electron chi connectivity index (χ1n) is 13.1. The van der Waals surface area contributed by atoms with E-state index in [1.165, 1.54) is 0 Å². The lowest BCUT2D eigenvalue weighted by Gasteiger charge is -2.34. The van der Waals surface area contributed by atoms with Gasteiger partial charge in [0, 0.05) is 0 Å². The highest BCUT2D eigenvalue weighted by Gasteiger charge is 2.34. The molecule has 0 fully saturated rings. The molecule has 0 unspecified atom stereocenters. The van der Waals surface area contributed by atoms with Gasteiger partial charge in [-0.05, 0) is 37.5 Å². The van der Waals surface area contributed by atoms with Gasteiger partial charge in [-0.3, -0.25) is 0 Å². The monoisotopic (exact) mass is 530 g/mol. The van der Waals surface area contributed by atoms with Gasteiger partial charge in [0.2, 0.25) is 0 Å². The van der Waals surface area contributed by atoms with Gasteiger partial charge in [0.25, 0.3) is 0 Å². The van der Waals surface area contributed by atoms with E-state index in [1.54, 1.807) is 20.8 Å². The summed E-state index contributed by atoms with van der Waals surface area (Å²) in [7, 11) is 0. The second-order valence-corrected chi connectivity index (χ2v) is 10.2. The van der Waals surface area contributed by atoms with E-state index >= 15 is 0 Å². The number of benzene rings is 3. The third-order valence-corrected chi connectivity index (χ3v) is 5.76. The van der Waals surface area contributed by atoms with Gasteiger partial charge in [-0.15, -0.1) is 0 Å². The lowest BCUT2D eigenvalue weighted by Crippen LogP contribution is -2.53. The summed E-state index contributed by atoms with van der Waals surface area (Å²) in [6.45, 7) is 6.46. The highest BCUT2D eigenvalue weighted by Crippen LogP contribution is 2.19. The second-order valence-electron chi connectivity index (χ2n) is 10.2. The van der Waals surface area contributed by atoms with Gasteiger partial charge in [-0.1, -0.05) is 91.0 Å². The Morgan fingerprint density at radius 2 is 1.28 bits per heavy atom. The molecule has 7 nitrogen and oxygen atoms in total. The Labute approximate surface area is 231 Å². The van der Waals surface area contributed by atoms with E-state index in [1.807, 2.05) is 91.0 Å². The first-order chi connectivity index (χ1) is 18.8. The number of alkyl carbamates (subject to hydrolysis) is 1. The van der Waals surface area contributed by atoms with E-state index in [0.29, 0.717) is 13.2 Å². The van der Waals surface area contributed by atoms with Crippen LogP contribution in [-0.2, 0) is 38.8 Å². The molecule has 0 saturated heterocycles. The minimum Gasteiger partial charge on any atom is -0.444 e. The van der Waals surface area contributed by atoms with Crippen LogP contribution in [0.15, 0.2) is 91.0 Å². The Hall–Kier alpha value is -3.70. The molecule has 1 amide bonds. The zero-order valence-corrected chi connectivity index (χ0v) is 22.9. The van der Waals surface area contributed by atoms with Crippen molar-refractivity contribution in [2.24, 2.45) is 0 Å². The van der Waals surface area contributed by atoms with Crippen LogP contribution in [0.4, 0.5) is 4.79 Å². The van der Waals surface area contributed by atoms with Crippen molar-refractivity contribution in [2.75, 3.05) is 6.61 Å². The van der Waals surface area contributed by atoms with Gasteiger partial charge in [-0.25, -0.2) is 4.79 Å². The third-order valence-electron chi connectivity index (χ3n) is 5.76. The summed E-state index contributed by atoms with van der Waals surface area (Å²) in [6, 6.07) is 30.8. The molecular weight excluding hydrogens is 492 g/mol. The van der Waals surface area contributed by atoms with Gasteiger partial charge in [0.1, 0.15) is 11.7 Å². The molecule has 3 aromatic carbocycles. The highest BCUT2D eigenvalue weighted by molar-refractivity contribution is 5.68. The Balaban J connectivity index is 1.84. The molecule has 0 saturated carbocycles. The van der Waals surface area contributed by atoms with Crippen LogP contribution >= 0.6 is 0 Å². The molecule has 7 heteroatoms. The molecule has 0 aliphatic heterocycles. The molecule has 1 N–H and O–H groups in total. The van der Waals surface area contributed by atoms with E-state index < -0.39 is 29.9 Å². The van der Waals surface area contributed by atoms with Crippen LogP contribution in [0.25, 0.3) is 0 Å². The third kappa shape index (κ3) is 11.3. The first kappa shape index (κ1) is 29.9. The predicted molar refractivity (Wildman–Crippen MR) is 150 cm³/mol. The quantitative estimate of drug-likeness (QED) is 0.268. The maximum absolute atomic E-state index is 12.9. The number of ether oxygens (including phenoxy) is 4. The van der Waals surface area contributed by atoms with Crippen molar-refractivity contribution in [1.29, 1.82) is 5.26 Å². The number of hydrogen-bond donors (Lipinski definition) is 1. The summed E-state index contributed by atoms with van der Waals surface area (Å²) in [5.74, 6) is 0. The summed E-state index contributed by atoms with van der Waals surface area (Å²) in [5.41, 5.74) is 2.25. The summed E-state index contributed by atoms with van der Waals surface area (Å²) in [4.78, 5) is 12.9. The fraction of sp³-hybridized carbons (Fsp3) is 0.375. The van der Waals surface area contributed by atoms with Crippen molar-refractivity contribution in [3.05, 3.63) is 108 Å². The van der Waals surface area contributed by atoms with Crippen LogP contribution in [0, 0.1) is 11.3 Å². The zero-order chi connectivity index (χ0) is 27.9. The number of carbonyl (C=O) groups excluding carboxylic acids is 1. The van der Waals surface area contributed by atoms with Crippen molar-refractivity contribution in [3.63, 3.8) is 0 Å². The maximum atomic E-state index is 12.9. The van der Waals surface area contributed by atoms with Crippen LogP contribution < -0.4 is 5.32 Å². The van der Waals surface area contributed by atoms with E-state index in [4.69, 9.17) is 18.9 Å².